The summed E-state index contributed by atoms with van der Waals surface area (Å²) < 4.78 is 7.21. The van der Waals surface area contributed by atoms with Gasteiger partial charge in [-0.05, 0) is 54.4 Å². The molecule has 2 aromatic heterocycles. The number of nitrogens with zero attached hydrogens (tertiary/aromatic N) is 4. The summed E-state index contributed by atoms with van der Waals surface area (Å²) in [6, 6.07) is 11.0. The molecule has 9 heteroatoms. The molecule has 0 spiro atoms. The van der Waals surface area contributed by atoms with E-state index in [4.69, 9.17) is 4.74 Å². The van der Waals surface area contributed by atoms with E-state index in [1.54, 1.807) is 52.4 Å². The number of benzene rings is 1. The van der Waals surface area contributed by atoms with Crippen LogP contribution in [0.15, 0.2) is 67.3 Å². The van der Waals surface area contributed by atoms with Crippen molar-refractivity contribution in [3.05, 3.63) is 78.4 Å². The van der Waals surface area contributed by atoms with E-state index >= 15 is 0 Å². The number of aromatic nitrogens is 3. The molecular weight excluding hydrogens is 422 g/mol. The second kappa shape index (κ2) is 8.95. The molecule has 1 N–H and O–H groups in total. The highest BCUT2D eigenvalue weighted by molar-refractivity contribution is 5.99. The van der Waals surface area contributed by atoms with Crippen molar-refractivity contribution in [2.45, 2.75) is 31.0 Å². The minimum Gasteiger partial charge on any atom is -0.368 e. The molecule has 168 valence electrons. The molecule has 0 bridgehead atoms. The lowest BCUT2D eigenvalue weighted by Gasteiger charge is -2.27. The number of pyridine rings is 1. The van der Waals surface area contributed by atoms with Crippen LogP contribution in [-0.4, -0.2) is 68.6 Å². The normalized spacial score (nSPS) is 20.5. The van der Waals surface area contributed by atoms with E-state index in [9.17, 15) is 14.4 Å². The Balaban J connectivity index is 1.35. The lowest BCUT2D eigenvalue weighted by Crippen LogP contribution is -2.53. The minimum atomic E-state index is -0.821. The van der Waals surface area contributed by atoms with E-state index in [-0.39, 0.29) is 30.3 Å². The average molecular weight is 445 g/mol. The van der Waals surface area contributed by atoms with Crippen LogP contribution in [0.2, 0.25) is 0 Å². The van der Waals surface area contributed by atoms with Crippen molar-refractivity contribution in [1.29, 1.82) is 0 Å². The molecule has 2 saturated heterocycles. The van der Waals surface area contributed by atoms with Crippen molar-refractivity contribution in [3.8, 4) is 5.69 Å². The van der Waals surface area contributed by atoms with Gasteiger partial charge in [0.05, 0.1) is 11.8 Å². The first-order valence-corrected chi connectivity index (χ1v) is 10.8. The standard InChI is InChI=1S/C24H23N5O4/c30-20-15-33-21-8-13-28(22(20)21)24(32)19(14-16-6-10-25-11-7-16)27-23(31)17-2-4-18(5-3-17)29-12-1-9-26-29/h1-7,9-12,19,21-22H,8,13-15H2,(H,27,31). The number of hydrogen-bond donors (Lipinski definition) is 1. The van der Waals surface area contributed by atoms with Crippen LogP contribution >= 0.6 is 0 Å². The van der Waals surface area contributed by atoms with Crippen molar-refractivity contribution in [1.82, 2.24) is 25.0 Å². The van der Waals surface area contributed by atoms with Gasteiger partial charge in [0, 0.05) is 43.3 Å². The van der Waals surface area contributed by atoms with Crippen molar-refractivity contribution < 1.29 is 19.1 Å². The molecule has 2 fully saturated rings. The monoisotopic (exact) mass is 445 g/mol. The van der Waals surface area contributed by atoms with Crippen molar-refractivity contribution in [2.24, 2.45) is 0 Å². The van der Waals surface area contributed by atoms with Gasteiger partial charge in [-0.2, -0.15) is 5.10 Å². The van der Waals surface area contributed by atoms with Crippen molar-refractivity contribution >= 4 is 17.6 Å². The molecule has 0 radical (unpaired) electrons. The highest BCUT2D eigenvalue weighted by Gasteiger charge is 2.48. The Hall–Kier alpha value is -3.85. The second-order valence-corrected chi connectivity index (χ2v) is 8.16. The number of rotatable bonds is 6. The van der Waals surface area contributed by atoms with Crippen LogP contribution in [0.5, 0.6) is 0 Å². The van der Waals surface area contributed by atoms with Gasteiger partial charge < -0.3 is 15.0 Å². The molecule has 2 amide bonds. The second-order valence-electron chi connectivity index (χ2n) is 8.16. The Kier molecular flexibility index (Phi) is 5.70. The summed E-state index contributed by atoms with van der Waals surface area (Å²) in [5.74, 6) is -0.729. The molecule has 3 unspecified atom stereocenters. The maximum absolute atomic E-state index is 13.5. The first-order valence-electron chi connectivity index (χ1n) is 10.8. The predicted octanol–water partition coefficient (Wildman–Crippen LogP) is 1.18. The van der Waals surface area contributed by atoms with E-state index in [1.165, 1.54) is 0 Å². The van der Waals surface area contributed by atoms with Crippen molar-refractivity contribution in [2.75, 3.05) is 13.2 Å². The van der Waals surface area contributed by atoms with Gasteiger partial charge in [0.2, 0.25) is 5.91 Å². The summed E-state index contributed by atoms with van der Waals surface area (Å²) in [5.41, 5.74) is 2.12. The Bertz CT molecular complexity index is 1150. The van der Waals surface area contributed by atoms with Gasteiger partial charge in [0.25, 0.3) is 5.91 Å². The van der Waals surface area contributed by atoms with Gasteiger partial charge in [0.15, 0.2) is 5.78 Å². The zero-order valence-corrected chi connectivity index (χ0v) is 17.8. The number of ketones is 1. The summed E-state index contributed by atoms with van der Waals surface area (Å²) in [7, 11) is 0. The first kappa shape index (κ1) is 21.0. The topological polar surface area (TPSA) is 106 Å². The molecule has 3 atom stereocenters. The molecule has 3 aromatic rings. The number of likely N-dealkylation sites (tertiary alicyclic amines) is 1. The Morgan fingerprint density at radius 1 is 1.12 bits per heavy atom. The van der Waals surface area contributed by atoms with Gasteiger partial charge in [-0.3, -0.25) is 19.4 Å². The van der Waals surface area contributed by atoms with Gasteiger partial charge in [0.1, 0.15) is 18.7 Å². The molecule has 5 rings (SSSR count). The van der Waals surface area contributed by atoms with Crippen LogP contribution in [0.3, 0.4) is 0 Å². The molecule has 0 saturated carbocycles. The first-order chi connectivity index (χ1) is 16.1. The van der Waals surface area contributed by atoms with E-state index in [0.29, 0.717) is 24.9 Å². The fourth-order valence-corrected chi connectivity index (χ4v) is 4.42. The van der Waals surface area contributed by atoms with Crippen LogP contribution in [-0.2, 0) is 20.7 Å². The lowest BCUT2D eigenvalue weighted by atomic mass is 10.0. The minimum absolute atomic E-state index is 0.0308. The van der Waals surface area contributed by atoms with Crippen LogP contribution in [0, 0.1) is 0 Å². The van der Waals surface area contributed by atoms with Gasteiger partial charge in [-0.15, -0.1) is 0 Å². The Morgan fingerprint density at radius 2 is 1.91 bits per heavy atom. The third-order valence-electron chi connectivity index (χ3n) is 6.09. The third kappa shape index (κ3) is 4.27. The number of carbonyl (C=O) groups excluding carboxylic acids is 3. The van der Waals surface area contributed by atoms with Crippen molar-refractivity contribution in [3.63, 3.8) is 0 Å². The number of carbonyl (C=O) groups is 3. The maximum Gasteiger partial charge on any atom is 0.251 e. The summed E-state index contributed by atoms with van der Waals surface area (Å²) >= 11 is 0. The molecule has 9 nitrogen and oxygen atoms in total. The number of Topliss-reactive ketones (excluding diaryl/α,β-unsaturated/α-hetero) is 1. The van der Waals surface area contributed by atoms with E-state index < -0.39 is 12.1 Å². The molecule has 1 aromatic carbocycles. The number of hydrogen-bond acceptors (Lipinski definition) is 6. The number of fused-ring (bicyclic) bond motifs is 1. The Morgan fingerprint density at radius 3 is 2.64 bits per heavy atom. The fraction of sp³-hybridized carbons (Fsp3) is 0.292. The summed E-state index contributed by atoms with van der Waals surface area (Å²) in [4.78, 5) is 44.4. The van der Waals surface area contributed by atoms with E-state index in [0.717, 1.165) is 11.3 Å². The van der Waals surface area contributed by atoms with Crippen LogP contribution in [0.1, 0.15) is 22.3 Å². The quantitative estimate of drug-likeness (QED) is 0.611. The van der Waals surface area contributed by atoms with E-state index in [2.05, 4.69) is 15.4 Å². The molecular formula is C24H23N5O4. The molecule has 0 aliphatic carbocycles. The summed E-state index contributed by atoms with van der Waals surface area (Å²) in [5, 5.41) is 7.06. The molecule has 4 heterocycles. The summed E-state index contributed by atoms with van der Waals surface area (Å²) in [6.45, 7) is 0.463. The molecule has 33 heavy (non-hydrogen) atoms. The van der Waals surface area contributed by atoms with Gasteiger partial charge >= 0.3 is 0 Å². The highest BCUT2D eigenvalue weighted by atomic mass is 16.5. The smallest absolute Gasteiger partial charge is 0.251 e. The largest absolute Gasteiger partial charge is 0.368 e. The van der Waals surface area contributed by atoms with Gasteiger partial charge in [-0.25, -0.2) is 4.68 Å². The maximum atomic E-state index is 13.5. The van der Waals surface area contributed by atoms with Gasteiger partial charge in [-0.1, -0.05) is 0 Å². The molecule has 2 aliphatic heterocycles. The predicted molar refractivity (Wildman–Crippen MR) is 118 cm³/mol. The third-order valence-corrected chi connectivity index (χ3v) is 6.09. The number of nitrogens with one attached hydrogen (secondary N) is 1. The molecule has 2 aliphatic rings. The highest BCUT2D eigenvalue weighted by Crippen LogP contribution is 2.28. The van der Waals surface area contributed by atoms with E-state index in [1.807, 2.05) is 24.4 Å². The zero-order chi connectivity index (χ0) is 22.8. The SMILES string of the molecule is O=C(NC(Cc1ccncc1)C(=O)N1CCC2OCC(=O)C21)c1ccc(-n2cccn2)cc1. The number of ether oxygens (including phenoxy) is 1. The van der Waals surface area contributed by atoms with Crippen LogP contribution in [0.25, 0.3) is 5.69 Å². The Labute approximate surface area is 190 Å². The summed E-state index contributed by atoms with van der Waals surface area (Å²) in [6.07, 6.45) is 7.44. The zero-order valence-electron chi connectivity index (χ0n) is 17.8. The lowest BCUT2D eigenvalue weighted by molar-refractivity contribution is -0.138. The average Bonchev–Trinajstić information content (AvgIpc) is 3.59. The van der Waals surface area contributed by atoms with Crippen LogP contribution in [0.4, 0.5) is 0 Å². The van der Waals surface area contributed by atoms with Crippen LogP contribution < -0.4 is 5.32 Å². The fourth-order valence-electron chi connectivity index (χ4n) is 4.42. The number of amides is 2.